The van der Waals surface area contributed by atoms with Crippen LogP contribution in [0.15, 0.2) is 30.3 Å². The summed E-state index contributed by atoms with van der Waals surface area (Å²) in [5, 5.41) is 19.2. The smallest absolute Gasteiger partial charge is 0.0900 e. The summed E-state index contributed by atoms with van der Waals surface area (Å²) in [6.07, 6.45) is 1.63. The molecule has 2 atom stereocenters. The number of ether oxygens (including phenoxy) is 1. The summed E-state index contributed by atoms with van der Waals surface area (Å²) >= 11 is 0. The molecule has 0 amide bonds. The van der Waals surface area contributed by atoms with Crippen molar-refractivity contribution in [2.45, 2.75) is 31.6 Å². The molecule has 4 nitrogen and oxygen atoms in total. The Bertz CT molecular complexity index is 358. The lowest BCUT2D eigenvalue weighted by Crippen LogP contribution is -2.39. The lowest BCUT2D eigenvalue weighted by Gasteiger charge is -2.25. The fourth-order valence-corrected chi connectivity index (χ4v) is 2.55. The van der Waals surface area contributed by atoms with Crippen molar-refractivity contribution in [3.8, 4) is 0 Å². The average molecular weight is 265 g/mol. The van der Waals surface area contributed by atoms with Gasteiger partial charge in [-0.2, -0.15) is 0 Å². The van der Waals surface area contributed by atoms with E-state index in [1.165, 1.54) is 0 Å². The fraction of sp³-hybridized carbons (Fsp3) is 0.600. The number of likely N-dealkylation sites (tertiary alicyclic amines) is 1. The highest BCUT2D eigenvalue weighted by molar-refractivity contribution is 5.13. The molecule has 0 aliphatic carbocycles. The minimum atomic E-state index is -0.490. The zero-order chi connectivity index (χ0) is 13.5. The van der Waals surface area contributed by atoms with E-state index >= 15 is 0 Å². The van der Waals surface area contributed by atoms with Crippen LogP contribution in [0.1, 0.15) is 18.4 Å². The molecule has 19 heavy (non-hydrogen) atoms. The normalized spacial score (nSPS) is 21.7. The topological polar surface area (TPSA) is 52.9 Å². The Balaban J connectivity index is 1.66. The van der Waals surface area contributed by atoms with E-state index in [2.05, 4.69) is 4.90 Å². The predicted octanol–water partition coefficient (Wildman–Crippen LogP) is 1.02. The van der Waals surface area contributed by atoms with Crippen LogP contribution in [0.3, 0.4) is 0 Å². The maximum Gasteiger partial charge on any atom is 0.0900 e. The third-order valence-corrected chi connectivity index (χ3v) is 3.58. The Hall–Kier alpha value is -0.940. The number of hydrogen-bond acceptors (Lipinski definition) is 4. The molecular formula is C15H23NO3. The molecule has 0 aromatic heterocycles. The van der Waals surface area contributed by atoms with E-state index in [4.69, 9.17) is 4.74 Å². The first kappa shape index (κ1) is 14.5. The van der Waals surface area contributed by atoms with Crippen LogP contribution in [0.4, 0.5) is 0 Å². The second-order valence-electron chi connectivity index (χ2n) is 5.13. The monoisotopic (exact) mass is 265 g/mol. The van der Waals surface area contributed by atoms with Gasteiger partial charge < -0.3 is 14.9 Å². The van der Waals surface area contributed by atoms with Crippen molar-refractivity contribution in [3.63, 3.8) is 0 Å². The van der Waals surface area contributed by atoms with Gasteiger partial charge in [0.15, 0.2) is 0 Å². The molecule has 1 aliphatic heterocycles. The number of β-amino-alcohol motifs (C(OH)–C–C–N with tert-alkyl or cyclic N) is 1. The van der Waals surface area contributed by atoms with Gasteiger partial charge in [0.25, 0.3) is 0 Å². The van der Waals surface area contributed by atoms with Crippen LogP contribution < -0.4 is 0 Å². The summed E-state index contributed by atoms with van der Waals surface area (Å²) in [6, 6.07) is 10.2. The summed E-state index contributed by atoms with van der Waals surface area (Å²) in [5.74, 6) is 0. The molecule has 1 unspecified atom stereocenters. The molecule has 0 spiro atoms. The van der Waals surface area contributed by atoms with E-state index in [1.54, 1.807) is 0 Å². The van der Waals surface area contributed by atoms with Gasteiger partial charge in [0.2, 0.25) is 0 Å². The van der Waals surface area contributed by atoms with Crippen LogP contribution in [0.2, 0.25) is 0 Å². The summed E-state index contributed by atoms with van der Waals surface area (Å²) in [6.45, 7) is 2.59. The number of rotatable bonds is 7. The van der Waals surface area contributed by atoms with Crippen LogP contribution in [0.5, 0.6) is 0 Å². The van der Waals surface area contributed by atoms with Gasteiger partial charge in [-0.05, 0) is 24.9 Å². The van der Waals surface area contributed by atoms with Gasteiger partial charge in [-0.25, -0.2) is 0 Å². The second-order valence-corrected chi connectivity index (χ2v) is 5.13. The summed E-state index contributed by atoms with van der Waals surface area (Å²) in [5.41, 5.74) is 1.11. The zero-order valence-corrected chi connectivity index (χ0v) is 11.2. The molecule has 1 heterocycles. The number of aliphatic hydroxyl groups excluding tert-OH is 2. The Morgan fingerprint density at radius 2 is 2.11 bits per heavy atom. The van der Waals surface area contributed by atoms with Crippen LogP contribution in [0.25, 0.3) is 0 Å². The molecule has 106 valence electrons. The van der Waals surface area contributed by atoms with Crippen molar-refractivity contribution in [3.05, 3.63) is 35.9 Å². The Labute approximate surface area is 114 Å². The fourth-order valence-electron chi connectivity index (χ4n) is 2.55. The van der Waals surface area contributed by atoms with Gasteiger partial charge in [-0.1, -0.05) is 30.3 Å². The zero-order valence-electron chi connectivity index (χ0n) is 11.2. The molecule has 1 aromatic rings. The van der Waals surface area contributed by atoms with Gasteiger partial charge in [0, 0.05) is 12.6 Å². The second kappa shape index (κ2) is 7.60. The molecule has 4 heteroatoms. The third kappa shape index (κ3) is 4.58. The van der Waals surface area contributed by atoms with E-state index in [0.717, 1.165) is 24.9 Å². The van der Waals surface area contributed by atoms with Crippen molar-refractivity contribution < 1.29 is 14.9 Å². The maximum absolute atomic E-state index is 9.95. The van der Waals surface area contributed by atoms with Crippen molar-refractivity contribution in [2.24, 2.45) is 0 Å². The minimum Gasteiger partial charge on any atom is -0.395 e. The first-order chi connectivity index (χ1) is 9.29. The third-order valence-electron chi connectivity index (χ3n) is 3.58. The standard InChI is InChI=1S/C15H23NO3/c17-10-14-7-4-8-16(14)9-15(18)12-19-11-13-5-2-1-3-6-13/h1-3,5-6,14-15,17-18H,4,7-12H2/t14-,15?/m1/s1. The molecule has 2 N–H and O–H groups in total. The lowest BCUT2D eigenvalue weighted by molar-refractivity contribution is 0.00403. The maximum atomic E-state index is 9.95. The predicted molar refractivity (Wildman–Crippen MR) is 73.8 cm³/mol. The highest BCUT2D eigenvalue weighted by Crippen LogP contribution is 2.16. The number of nitrogens with zero attached hydrogens (tertiary/aromatic N) is 1. The van der Waals surface area contributed by atoms with Crippen molar-refractivity contribution in [1.29, 1.82) is 0 Å². The Kier molecular flexibility index (Phi) is 5.79. The quantitative estimate of drug-likeness (QED) is 0.773. The Morgan fingerprint density at radius 3 is 2.84 bits per heavy atom. The van der Waals surface area contributed by atoms with Crippen LogP contribution in [-0.2, 0) is 11.3 Å². The molecule has 0 bridgehead atoms. The van der Waals surface area contributed by atoms with Gasteiger partial charge in [-0.15, -0.1) is 0 Å². The highest BCUT2D eigenvalue weighted by atomic mass is 16.5. The lowest BCUT2D eigenvalue weighted by atomic mass is 10.2. The minimum absolute atomic E-state index is 0.178. The van der Waals surface area contributed by atoms with Crippen molar-refractivity contribution >= 4 is 0 Å². The van der Waals surface area contributed by atoms with Gasteiger partial charge >= 0.3 is 0 Å². The van der Waals surface area contributed by atoms with Crippen LogP contribution >= 0.6 is 0 Å². The van der Waals surface area contributed by atoms with Crippen LogP contribution in [0, 0.1) is 0 Å². The van der Waals surface area contributed by atoms with Gasteiger partial charge in [0.05, 0.1) is 25.9 Å². The van der Waals surface area contributed by atoms with E-state index < -0.39 is 6.10 Å². The molecule has 0 saturated carbocycles. The Morgan fingerprint density at radius 1 is 1.32 bits per heavy atom. The SMILES string of the molecule is OC[C@H]1CCCN1CC(O)COCc1ccccc1. The first-order valence-electron chi connectivity index (χ1n) is 6.94. The van der Waals surface area contributed by atoms with Crippen molar-refractivity contribution in [1.82, 2.24) is 4.90 Å². The van der Waals surface area contributed by atoms with Crippen LogP contribution in [-0.4, -0.2) is 53.6 Å². The van der Waals surface area contributed by atoms with E-state index in [1.807, 2.05) is 30.3 Å². The van der Waals surface area contributed by atoms with Gasteiger partial charge in [-0.3, -0.25) is 4.90 Å². The van der Waals surface area contributed by atoms with Crippen molar-refractivity contribution in [2.75, 3.05) is 26.3 Å². The highest BCUT2D eigenvalue weighted by Gasteiger charge is 2.25. The van der Waals surface area contributed by atoms with E-state index in [0.29, 0.717) is 19.8 Å². The summed E-state index contributed by atoms with van der Waals surface area (Å²) < 4.78 is 5.52. The molecule has 1 saturated heterocycles. The molecule has 2 rings (SSSR count). The van der Waals surface area contributed by atoms with Gasteiger partial charge in [0.1, 0.15) is 0 Å². The molecule has 1 aliphatic rings. The first-order valence-corrected chi connectivity index (χ1v) is 6.94. The molecule has 0 radical (unpaired) electrons. The average Bonchev–Trinajstić information content (AvgIpc) is 2.87. The number of aliphatic hydroxyl groups is 2. The van der Waals surface area contributed by atoms with E-state index in [-0.39, 0.29) is 12.6 Å². The number of hydrogen-bond donors (Lipinski definition) is 2. The van der Waals surface area contributed by atoms with E-state index in [9.17, 15) is 10.2 Å². The summed E-state index contributed by atoms with van der Waals surface area (Å²) in [4.78, 5) is 2.15. The summed E-state index contributed by atoms with van der Waals surface area (Å²) in [7, 11) is 0. The molecule has 1 fully saturated rings. The number of benzene rings is 1. The molecule has 1 aromatic carbocycles. The largest absolute Gasteiger partial charge is 0.395 e. The molecular weight excluding hydrogens is 242 g/mol.